The van der Waals surface area contributed by atoms with Crippen molar-refractivity contribution in [3.8, 4) is 0 Å². The van der Waals surface area contributed by atoms with Crippen LogP contribution in [0.5, 0.6) is 0 Å². The number of carbonyl (C=O) groups is 1. The van der Waals surface area contributed by atoms with E-state index in [4.69, 9.17) is 16.2 Å². The second-order valence-corrected chi connectivity index (χ2v) is 3.27. The Balaban J connectivity index is 2.52. The Morgan fingerprint density at radius 3 is 2.92 bits per heavy atom. The summed E-state index contributed by atoms with van der Waals surface area (Å²) >= 11 is 0. The number of allylic oxidation sites excluding steroid dienone is 1. The van der Waals surface area contributed by atoms with Crippen molar-refractivity contribution >= 4 is 6.09 Å². The molecule has 1 rings (SSSR count). The lowest BCUT2D eigenvalue weighted by Crippen LogP contribution is -2.38. The molecule has 4 heteroatoms. The molecule has 2 atom stereocenters. The molecule has 4 nitrogen and oxygen atoms in total. The summed E-state index contributed by atoms with van der Waals surface area (Å²) < 4.78 is 4.90. The van der Waals surface area contributed by atoms with E-state index in [2.05, 4.69) is 0 Å². The van der Waals surface area contributed by atoms with Crippen LogP contribution < -0.4 is 11.5 Å². The van der Waals surface area contributed by atoms with E-state index in [1.165, 1.54) is 0 Å². The van der Waals surface area contributed by atoms with Crippen molar-refractivity contribution in [1.82, 2.24) is 0 Å². The van der Waals surface area contributed by atoms with E-state index in [9.17, 15) is 4.79 Å². The van der Waals surface area contributed by atoms with Gasteiger partial charge >= 0.3 is 6.09 Å². The maximum atomic E-state index is 10.5. The second kappa shape index (κ2) is 4.87. The SMILES string of the molecule is NC(=O)OC1CCCC/C=C/C1N. The first-order valence-electron chi connectivity index (χ1n) is 4.58. The summed E-state index contributed by atoms with van der Waals surface area (Å²) in [6.45, 7) is 0. The predicted octanol–water partition coefficient (Wildman–Crippen LogP) is 0.908. The van der Waals surface area contributed by atoms with E-state index >= 15 is 0 Å². The molecule has 2 unspecified atom stereocenters. The smallest absolute Gasteiger partial charge is 0.404 e. The van der Waals surface area contributed by atoms with Crippen molar-refractivity contribution < 1.29 is 9.53 Å². The average Bonchev–Trinajstić information content (AvgIpc) is 2.04. The zero-order valence-corrected chi connectivity index (χ0v) is 7.61. The molecule has 0 aromatic carbocycles. The number of hydrogen-bond acceptors (Lipinski definition) is 3. The van der Waals surface area contributed by atoms with Gasteiger partial charge in [0.05, 0.1) is 6.04 Å². The van der Waals surface area contributed by atoms with Crippen LogP contribution in [0.4, 0.5) is 4.79 Å². The fraction of sp³-hybridized carbons (Fsp3) is 0.667. The number of hydrogen-bond donors (Lipinski definition) is 2. The molecule has 4 N–H and O–H groups in total. The largest absolute Gasteiger partial charge is 0.444 e. The molecule has 0 radical (unpaired) electrons. The number of nitrogens with two attached hydrogens (primary N) is 2. The third kappa shape index (κ3) is 3.46. The van der Waals surface area contributed by atoms with Gasteiger partial charge < -0.3 is 16.2 Å². The molecule has 0 heterocycles. The number of primary amides is 1. The molecule has 0 aromatic heterocycles. The van der Waals surface area contributed by atoms with Crippen molar-refractivity contribution in [2.24, 2.45) is 11.5 Å². The van der Waals surface area contributed by atoms with Gasteiger partial charge in [-0.25, -0.2) is 4.79 Å². The zero-order chi connectivity index (χ0) is 9.68. The summed E-state index contributed by atoms with van der Waals surface area (Å²) in [5.74, 6) is 0. The van der Waals surface area contributed by atoms with E-state index in [0.717, 1.165) is 25.7 Å². The van der Waals surface area contributed by atoms with Crippen LogP contribution in [0, 0.1) is 0 Å². The minimum absolute atomic E-state index is 0.215. The number of ether oxygens (including phenoxy) is 1. The fourth-order valence-corrected chi connectivity index (χ4v) is 1.46. The molecule has 1 amide bonds. The molecular formula is C9H16N2O2. The monoisotopic (exact) mass is 184 g/mol. The van der Waals surface area contributed by atoms with Gasteiger partial charge in [0, 0.05) is 0 Å². The van der Waals surface area contributed by atoms with Gasteiger partial charge in [-0.05, 0) is 25.7 Å². The van der Waals surface area contributed by atoms with Gasteiger partial charge in [0.15, 0.2) is 0 Å². The highest BCUT2D eigenvalue weighted by Crippen LogP contribution is 2.14. The van der Waals surface area contributed by atoms with Crippen LogP contribution in [0.2, 0.25) is 0 Å². The van der Waals surface area contributed by atoms with E-state index < -0.39 is 6.09 Å². The Morgan fingerprint density at radius 2 is 2.23 bits per heavy atom. The maximum absolute atomic E-state index is 10.5. The first-order chi connectivity index (χ1) is 6.20. The van der Waals surface area contributed by atoms with Crippen molar-refractivity contribution in [2.45, 2.75) is 37.8 Å². The summed E-state index contributed by atoms with van der Waals surface area (Å²) in [4.78, 5) is 10.5. The highest BCUT2D eigenvalue weighted by Gasteiger charge is 2.19. The average molecular weight is 184 g/mol. The van der Waals surface area contributed by atoms with Crippen LogP contribution >= 0.6 is 0 Å². The third-order valence-corrected chi connectivity index (χ3v) is 2.16. The molecule has 1 aliphatic carbocycles. The number of rotatable bonds is 1. The third-order valence-electron chi connectivity index (χ3n) is 2.16. The van der Waals surface area contributed by atoms with Crippen LogP contribution in [0.15, 0.2) is 12.2 Å². The van der Waals surface area contributed by atoms with Crippen molar-refractivity contribution in [3.05, 3.63) is 12.2 Å². The van der Waals surface area contributed by atoms with Gasteiger partial charge in [-0.3, -0.25) is 0 Å². The summed E-state index contributed by atoms with van der Waals surface area (Å²) in [5, 5.41) is 0. The molecule has 74 valence electrons. The van der Waals surface area contributed by atoms with Gasteiger partial charge in [-0.2, -0.15) is 0 Å². The van der Waals surface area contributed by atoms with E-state index in [0.29, 0.717) is 0 Å². The minimum Gasteiger partial charge on any atom is -0.444 e. The van der Waals surface area contributed by atoms with Crippen molar-refractivity contribution in [2.75, 3.05) is 0 Å². The quantitative estimate of drug-likeness (QED) is 0.594. The highest BCUT2D eigenvalue weighted by atomic mass is 16.6. The Labute approximate surface area is 77.9 Å². The van der Waals surface area contributed by atoms with Gasteiger partial charge in [-0.1, -0.05) is 12.2 Å². The van der Waals surface area contributed by atoms with E-state index in [1.54, 1.807) is 0 Å². The molecular weight excluding hydrogens is 168 g/mol. The van der Waals surface area contributed by atoms with Crippen LogP contribution in [-0.2, 0) is 4.74 Å². The number of carbonyl (C=O) groups excluding carboxylic acids is 1. The minimum atomic E-state index is -0.741. The molecule has 0 aliphatic heterocycles. The Bertz CT molecular complexity index is 204. The molecule has 0 spiro atoms. The molecule has 0 aromatic rings. The normalized spacial score (nSPS) is 31.5. The molecule has 0 saturated carbocycles. The molecule has 1 aliphatic rings. The fourth-order valence-electron chi connectivity index (χ4n) is 1.46. The summed E-state index contributed by atoms with van der Waals surface area (Å²) in [7, 11) is 0. The van der Waals surface area contributed by atoms with Gasteiger partial charge in [-0.15, -0.1) is 0 Å². The number of amides is 1. The zero-order valence-electron chi connectivity index (χ0n) is 7.61. The Kier molecular flexibility index (Phi) is 3.76. The predicted molar refractivity (Wildman–Crippen MR) is 50.0 cm³/mol. The van der Waals surface area contributed by atoms with Gasteiger partial charge in [0.25, 0.3) is 0 Å². The van der Waals surface area contributed by atoms with Crippen molar-refractivity contribution in [1.29, 1.82) is 0 Å². The lowest BCUT2D eigenvalue weighted by molar-refractivity contribution is 0.0911. The summed E-state index contributed by atoms with van der Waals surface area (Å²) in [5.41, 5.74) is 10.7. The standard InChI is InChI=1S/C9H16N2O2/c10-7-5-3-1-2-4-6-8(7)13-9(11)12/h3,5,7-8H,1-2,4,6,10H2,(H2,11,12)/b5-3+. The van der Waals surface area contributed by atoms with Crippen LogP contribution in [0.1, 0.15) is 25.7 Å². The molecule has 0 fully saturated rings. The lowest BCUT2D eigenvalue weighted by atomic mass is 10.0. The van der Waals surface area contributed by atoms with Crippen LogP contribution in [-0.4, -0.2) is 18.2 Å². The van der Waals surface area contributed by atoms with Crippen LogP contribution in [0.3, 0.4) is 0 Å². The first-order valence-corrected chi connectivity index (χ1v) is 4.58. The van der Waals surface area contributed by atoms with Crippen molar-refractivity contribution in [3.63, 3.8) is 0 Å². The van der Waals surface area contributed by atoms with E-state index in [-0.39, 0.29) is 12.1 Å². The van der Waals surface area contributed by atoms with Gasteiger partial charge in [0.2, 0.25) is 0 Å². The molecule has 0 bridgehead atoms. The van der Waals surface area contributed by atoms with Crippen LogP contribution in [0.25, 0.3) is 0 Å². The topological polar surface area (TPSA) is 78.3 Å². The van der Waals surface area contributed by atoms with E-state index in [1.807, 2.05) is 12.2 Å². The molecule has 0 saturated heterocycles. The maximum Gasteiger partial charge on any atom is 0.404 e. The Hall–Kier alpha value is -1.03. The second-order valence-electron chi connectivity index (χ2n) is 3.27. The first kappa shape index (κ1) is 10.1. The Morgan fingerprint density at radius 1 is 1.46 bits per heavy atom. The summed E-state index contributed by atoms with van der Waals surface area (Å²) in [6, 6.07) is -0.215. The molecule has 13 heavy (non-hydrogen) atoms. The summed E-state index contributed by atoms with van der Waals surface area (Å²) in [6.07, 6.45) is 6.90. The highest BCUT2D eigenvalue weighted by molar-refractivity contribution is 5.64. The van der Waals surface area contributed by atoms with Gasteiger partial charge in [0.1, 0.15) is 6.10 Å². The lowest BCUT2D eigenvalue weighted by Gasteiger charge is -2.22.